The molecule has 1 atom stereocenters. The van der Waals surface area contributed by atoms with E-state index in [4.69, 9.17) is 0 Å². The van der Waals surface area contributed by atoms with Crippen LogP contribution in [0.5, 0.6) is 0 Å². The number of nitrogens with one attached hydrogen (secondary N) is 1. The first-order valence-corrected chi connectivity index (χ1v) is 9.44. The lowest BCUT2D eigenvalue weighted by atomic mass is 9.90. The highest BCUT2D eigenvalue weighted by atomic mass is 79.9. The van der Waals surface area contributed by atoms with Gasteiger partial charge in [-0.05, 0) is 67.1 Å². The number of piperidine rings is 1. The van der Waals surface area contributed by atoms with Gasteiger partial charge in [-0.25, -0.2) is 0 Å². The lowest BCUT2D eigenvalue weighted by Gasteiger charge is -2.33. The number of H-pyrrole nitrogens is 1. The Hall–Kier alpha value is -1.65. The molecular formula is C20H22BrN3. The fourth-order valence-electron chi connectivity index (χ4n) is 3.81. The second-order valence-electron chi connectivity index (χ2n) is 6.87. The smallest absolute Gasteiger partial charge is 0.0650 e. The summed E-state index contributed by atoms with van der Waals surface area (Å²) in [6.45, 7) is 3.45. The van der Waals surface area contributed by atoms with E-state index in [0.717, 1.165) is 24.4 Å². The highest BCUT2D eigenvalue weighted by Gasteiger charge is 2.20. The van der Waals surface area contributed by atoms with Gasteiger partial charge in [-0.1, -0.05) is 34.1 Å². The minimum absolute atomic E-state index is 0.746. The number of benzene rings is 2. The van der Waals surface area contributed by atoms with Crippen molar-refractivity contribution in [1.82, 2.24) is 15.1 Å². The summed E-state index contributed by atoms with van der Waals surface area (Å²) in [7, 11) is 0. The zero-order valence-corrected chi connectivity index (χ0v) is 15.3. The molecule has 3 aromatic rings. The van der Waals surface area contributed by atoms with Crippen LogP contribution in [0.2, 0.25) is 0 Å². The molecule has 1 saturated heterocycles. The summed E-state index contributed by atoms with van der Waals surface area (Å²) >= 11 is 3.57. The van der Waals surface area contributed by atoms with E-state index in [1.165, 1.54) is 46.9 Å². The first kappa shape index (κ1) is 15.9. The van der Waals surface area contributed by atoms with E-state index in [0.29, 0.717) is 0 Å². The molecule has 24 heavy (non-hydrogen) atoms. The third kappa shape index (κ3) is 3.70. The number of hydrogen-bond acceptors (Lipinski definition) is 2. The van der Waals surface area contributed by atoms with Crippen molar-refractivity contribution in [3.8, 4) is 0 Å². The van der Waals surface area contributed by atoms with Crippen LogP contribution in [0.25, 0.3) is 10.9 Å². The first-order chi connectivity index (χ1) is 11.8. The third-order valence-corrected chi connectivity index (χ3v) is 5.42. The summed E-state index contributed by atoms with van der Waals surface area (Å²) in [5.74, 6) is 0.746. The fourth-order valence-corrected chi connectivity index (χ4v) is 4.25. The van der Waals surface area contributed by atoms with Crippen molar-refractivity contribution < 1.29 is 0 Å². The topological polar surface area (TPSA) is 31.9 Å². The van der Waals surface area contributed by atoms with E-state index in [-0.39, 0.29) is 0 Å². The van der Waals surface area contributed by atoms with Gasteiger partial charge in [0.05, 0.1) is 11.7 Å². The SMILES string of the molecule is Brc1cccc(CN2CCCC(Cc3ccc4[nH]ncc4c3)C2)c1. The quantitative estimate of drug-likeness (QED) is 0.702. The Bertz CT molecular complexity index is 826. The highest BCUT2D eigenvalue weighted by Crippen LogP contribution is 2.24. The number of aromatic nitrogens is 2. The zero-order chi connectivity index (χ0) is 16.4. The van der Waals surface area contributed by atoms with Crippen LogP contribution in [0, 0.1) is 5.92 Å². The van der Waals surface area contributed by atoms with Crippen LogP contribution in [0.1, 0.15) is 24.0 Å². The molecule has 2 heterocycles. The van der Waals surface area contributed by atoms with Crippen molar-refractivity contribution in [1.29, 1.82) is 0 Å². The van der Waals surface area contributed by atoms with Gasteiger partial charge in [0.15, 0.2) is 0 Å². The number of rotatable bonds is 4. The Kier molecular flexibility index (Phi) is 4.67. The Morgan fingerprint density at radius 3 is 3.04 bits per heavy atom. The van der Waals surface area contributed by atoms with Crippen LogP contribution in [0.4, 0.5) is 0 Å². The highest BCUT2D eigenvalue weighted by molar-refractivity contribution is 9.10. The molecule has 0 amide bonds. The predicted molar refractivity (Wildman–Crippen MR) is 102 cm³/mol. The van der Waals surface area contributed by atoms with Crippen molar-refractivity contribution in [2.75, 3.05) is 13.1 Å². The van der Waals surface area contributed by atoms with Gasteiger partial charge < -0.3 is 0 Å². The molecule has 0 saturated carbocycles. The average Bonchev–Trinajstić information content (AvgIpc) is 3.03. The standard InChI is InChI=1S/C20H22BrN3/c21-19-5-1-3-17(11-19)14-24-8-2-4-16(13-24)9-15-6-7-20-18(10-15)12-22-23-20/h1,3,5-7,10-12,16H,2,4,8-9,13-14H2,(H,22,23). The molecule has 1 aliphatic rings. The van der Waals surface area contributed by atoms with Gasteiger partial charge in [-0.2, -0.15) is 5.10 Å². The van der Waals surface area contributed by atoms with Gasteiger partial charge in [0.2, 0.25) is 0 Å². The lowest BCUT2D eigenvalue weighted by molar-refractivity contribution is 0.167. The maximum Gasteiger partial charge on any atom is 0.0650 e. The summed E-state index contributed by atoms with van der Waals surface area (Å²) in [6, 6.07) is 15.4. The van der Waals surface area contributed by atoms with Crippen molar-refractivity contribution in [3.05, 3.63) is 64.3 Å². The molecule has 1 aliphatic heterocycles. The summed E-state index contributed by atoms with van der Waals surface area (Å²) in [5, 5.41) is 8.36. The van der Waals surface area contributed by atoms with Crippen molar-refractivity contribution in [2.45, 2.75) is 25.8 Å². The number of likely N-dealkylation sites (tertiary alicyclic amines) is 1. The summed E-state index contributed by atoms with van der Waals surface area (Å²) in [6.07, 6.45) is 5.71. The number of halogens is 1. The molecule has 0 bridgehead atoms. The van der Waals surface area contributed by atoms with Gasteiger partial charge in [-0.15, -0.1) is 0 Å². The minimum atomic E-state index is 0.746. The molecule has 4 rings (SSSR count). The largest absolute Gasteiger partial charge is 0.299 e. The van der Waals surface area contributed by atoms with Gasteiger partial charge in [0.1, 0.15) is 0 Å². The number of aromatic amines is 1. The van der Waals surface area contributed by atoms with E-state index < -0.39 is 0 Å². The monoisotopic (exact) mass is 383 g/mol. The predicted octanol–water partition coefficient (Wildman–Crippen LogP) is 4.78. The van der Waals surface area contributed by atoms with Crippen molar-refractivity contribution in [2.24, 2.45) is 5.92 Å². The molecular weight excluding hydrogens is 362 g/mol. The van der Waals surface area contributed by atoms with E-state index >= 15 is 0 Å². The molecule has 1 fully saturated rings. The maximum atomic E-state index is 4.12. The summed E-state index contributed by atoms with van der Waals surface area (Å²) in [4.78, 5) is 2.60. The molecule has 3 nitrogen and oxygen atoms in total. The van der Waals surface area contributed by atoms with Crippen LogP contribution in [-0.2, 0) is 13.0 Å². The van der Waals surface area contributed by atoms with Crippen molar-refractivity contribution >= 4 is 26.8 Å². The van der Waals surface area contributed by atoms with E-state index in [1.807, 2.05) is 6.20 Å². The van der Waals surface area contributed by atoms with Crippen LogP contribution in [-0.4, -0.2) is 28.2 Å². The first-order valence-electron chi connectivity index (χ1n) is 8.65. The zero-order valence-electron chi connectivity index (χ0n) is 13.7. The number of nitrogens with zero attached hydrogens (tertiary/aromatic N) is 2. The Morgan fingerprint density at radius 2 is 2.12 bits per heavy atom. The van der Waals surface area contributed by atoms with Crippen LogP contribution in [0.15, 0.2) is 53.1 Å². The molecule has 0 spiro atoms. The number of fused-ring (bicyclic) bond motifs is 1. The molecule has 0 aliphatic carbocycles. The number of hydrogen-bond donors (Lipinski definition) is 1. The summed E-state index contributed by atoms with van der Waals surface area (Å²) < 4.78 is 1.17. The Balaban J connectivity index is 1.40. The maximum absolute atomic E-state index is 4.12. The molecule has 1 unspecified atom stereocenters. The molecule has 1 aromatic heterocycles. The normalized spacial score (nSPS) is 19.0. The average molecular weight is 384 g/mol. The van der Waals surface area contributed by atoms with Gasteiger partial charge in [0.25, 0.3) is 0 Å². The van der Waals surface area contributed by atoms with Crippen LogP contribution >= 0.6 is 15.9 Å². The van der Waals surface area contributed by atoms with Crippen molar-refractivity contribution in [3.63, 3.8) is 0 Å². The van der Waals surface area contributed by atoms with Crippen LogP contribution < -0.4 is 0 Å². The Morgan fingerprint density at radius 1 is 1.17 bits per heavy atom. The Labute approximate surface area is 151 Å². The molecule has 2 aromatic carbocycles. The molecule has 124 valence electrons. The van der Waals surface area contributed by atoms with Gasteiger partial charge >= 0.3 is 0 Å². The lowest BCUT2D eigenvalue weighted by Crippen LogP contribution is -2.35. The third-order valence-electron chi connectivity index (χ3n) is 4.93. The molecule has 0 radical (unpaired) electrons. The second kappa shape index (κ2) is 7.08. The van der Waals surface area contributed by atoms with Gasteiger partial charge in [0, 0.05) is 22.9 Å². The summed E-state index contributed by atoms with van der Waals surface area (Å²) in [5.41, 5.74) is 3.95. The van der Waals surface area contributed by atoms with E-state index in [1.54, 1.807) is 0 Å². The van der Waals surface area contributed by atoms with E-state index in [9.17, 15) is 0 Å². The van der Waals surface area contributed by atoms with E-state index in [2.05, 4.69) is 73.5 Å². The van der Waals surface area contributed by atoms with Gasteiger partial charge in [-0.3, -0.25) is 10.00 Å². The molecule has 4 heteroatoms. The molecule has 1 N–H and O–H groups in total. The minimum Gasteiger partial charge on any atom is -0.299 e. The fraction of sp³-hybridized carbons (Fsp3) is 0.350. The second-order valence-corrected chi connectivity index (χ2v) is 7.78. The van der Waals surface area contributed by atoms with Crippen LogP contribution in [0.3, 0.4) is 0 Å².